The van der Waals surface area contributed by atoms with Gasteiger partial charge in [-0.05, 0) is 37.1 Å². The van der Waals surface area contributed by atoms with E-state index in [1.54, 1.807) is 6.07 Å². The van der Waals surface area contributed by atoms with E-state index in [1.807, 2.05) is 11.4 Å². The van der Waals surface area contributed by atoms with Crippen LogP contribution in [0.25, 0.3) is 0 Å². The van der Waals surface area contributed by atoms with Crippen molar-refractivity contribution in [2.24, 2.45) is 0 Å². The molecule has 2 aliphatic heterocycles. The number of hydrogen-bond acceptors (Lipinski definition) is 11. The second-order valence-electron chi connectivity index (χ2n) is 8.68. The lowest BCUT2D eigenvalue weighted by Gasteiger charge is -2.32. The number of amides is 2. The summed E-state index contributed by atoms with van der Waals surface area (Å²) in [5.74, 6) is -2.88. The molecular weight excluding hydrogens is 496 g/mol. The summed E-state index contributed by atoms with van der Waals surface area (Å²) >= 11 is 1.41. The molecule has 12 nitrogen and oxygen atoms in total. The molecule has 4 rings (SSSR count). The third-order valence-electron chi connectivity index (χ3n) is 6.07. The Labute approximate surface area is 211 Å². The van der Waals surface area contributed by atoms with E-state index in [9.17, 15) is 24.0 Å². The topological polar surface area (TPSA) is 147 Å². The number of nitrogens with one attached hydrogen (secondary N) is 1. The van der Waals surface area contributed by atoms with Gasteiger partial charge in [-0.3, -0.25) is 19.2 Å². The molecule has 2 atom stereocenters. The fourth-order valence-corrected chi connectivity index (χ4v) is 4.99. The van der Waals surface area contributed by atoms with Crippen LogP contribution in [0.4, 0.5) is 4.79 Å². The van der Waals surface area contributed by atoms with Crippen molar-refractivity contribution in [1.29, 1.82) is 0 Å². The number of thiophene rings is 1. The minimum Gasteiger partial charge on any atom is -0.458 e. The number of cyclic esters (lactones) is 1. The first-order valence-corrected chi connectivity index (χ1v) is 12.8. The highest BCUT2D eigenvalue weighted by Gasteiger charge is 2.60. The van der Waals surface area contributed by atoms with E-state index in [0.717, 1.165) is 37.0 Å². The van der Waals surface area contributed by atoms with Crippen molar-refractivity contribution in [2.45, 2.75) is 69.2 Å². The van der Waals surface area contributed by atoms with Gasteiger partial charge < -0.3 is 24.3 Å². The molecule has 3 heterocycles. The molecule has 36 heavy (non-hydrogen) atoms. The highest BCUT2D eigenvalue weighted by Crippen LogP contribution is 2.35. The molecule has 1 aromatic heterocycles. The first-order valence-electron chi connectivity index (χ1n) is 11.9. The summed E-state index contributed by atoms with van der Waals surface area (Å²) in [5.41, 5.74) is -2.12. The Bertz CT molecular complexity index is 978. The van der Waals surface area contributed by atoms with Gasteiger partial charge in [0.15, 0.2) is 0 Å². The lowest BCUT2D eigenvalue weighted by molar-refractivity contribution is -0.259. The van der Waals surface area contributed by atoms with Crippen LogP contribution in [0.2, 0.25) is 0 Å². The summed E-state index contributed by atoms with van der Waals surface area (Å²) in [7, 11) is 0. The van der Waals surface area contributed by atoms with Gasteiger partial charge in [0.1, 0.15) is 32.0 Å². The summed E-state index contributed by atoms with van der Waals surface area (Å²) in [6, 6.07) is 2.55. The van der Waals surface area contributed by atoms with Gasteiger partial charge >= 0.3 is 23.8 Å². The van der Waals surface area contributed by atoms with Crippen LogP contribution in [0.5, 0.6) is 0 Å². The molecule has 13 heteroatoms. The number of hydroxylamine groups is 2. The normalized spacial score (nSPS) is 24.3. The van der Waals surface area contributed by atoms with Crippen LogP contribution in [-0.2, 0) is 49.4 Å². The van der Waals surface area contributed by atoms with Crippen molar-refractivity contribution in [3.05, 3.63) is 22.4 Å². The predicted molar refractivity (Wildman–Crippen MR) is 121 cm³/mol. The molecule has 0 aromatic carbocycles. The van der Waals surface area contributed by atoms with E-state index in [4.69, 9.17) is 23.8 Å². The molecule has 1 unspecified atom stereocenters. The maximum absolute atomic E-state index is 13.0. The molecular formula is C23H28N2O10S. The van der Waals surface area contributed by atoms with Crippen LogP contribution in [-0.4, -0.2) is 72.7 Å². The number of nitrogens with zero attached hydrogens (tertiary/aromatic N) is 1. The second kappa shape index (κ2) is 11.7. The highest BCUT2D eigenvalue weighted by atomic mass is 32.1. The number of carbonyl (C=O) groups is 5. The maximum Gasteiger partial charge on any atom is 0.508 e. The smallest absolute Gasteiger partial charge is 0.458 e. The SMILES string of the molecule is O=C(Cc1cccs1)N[C@H]1CON(C2(C(=O)OCCOC(=O)OC3CCCCC3)CCC(=O)O2)C1=O. The van der Waals surface area contributed by atoms with Crippen LogP contribution < -0.4 is 5.32 Å². The monoisotopic (exact) mass is 524 g/mol. The van der Waals surface area contributed by atoms with Gasteiger partial charge in [-0.25, -0.2) is 9.59 Å². The van der Waals surface area contributed by atoms with Gasteiger partial charge in [-0.1, -0.05) is 12.5 Å². The Hall–Kier alpha value is -3.19. The molecule has 1 saturated carbocycles. The molecule has 2 saturated heterocycles. The fourth-order valence-electron chi connectivity index (χ4n) is 4.28. The summed E-state index contributed by atoms with van der Waals surface area (Å²) in [5, 5.41) is 5.07. The van der Waals surface area contributed by atoms with Gasteiger partial charge in [0.25, 0.3) is 5.91 Å². The molecule has 3 aliphatic rings. The van der Waals surface area contributed by atoms with Crippen LogP contribution in [0.15, 0.2) is 17.5 Å². The molecule has 0 bridgehead atoms. The minimum atomic E-state index is -2.12. The molecule has 0 spiro atoms. The first kappa shape index (κ1) is 25.9. The zero-order valence-electron chi connectivity index (χ0n) is 19.6. The Morgan fingerprint density at radius 3 is 2.61 bits per heavy atom. The molecule has 2 amide bonds. The number of rotatable bonds is 9. The standard InChI is InChI=1S/C23H28N2O10S/c26-18(13-16-7-4-12-36-16)24-17-14-33-25(20(17)28)23(9-8-19(27)35-23)21(29)31-10-11-32-22(30)34-15-5-2-1-3-6-15/h4,7,12,15,17H,1-3,5-6,8-11,13-14H2,(H,24,26)/t17-,23?/m0/s1. The average molecular weight is 525 g/mol. The van der Waals surface area contributed by atoms with Gasteiger partial charge in [0.2, 0.25) is 5.91 Å². The average Bonchev–Trinajstić information content (AvgIpc) is 3.59. The molecule has 1 aromatic rings. The fraction of sp³-hybridized carbons (Fsp3) is 0.609. The summed E-state index contributed by atoms with van der Waals surface area (Å²) in [6.45, 7) is -0.865. The molecule has 1 aliphatic carbocycles. The predicted octanol–water partition coefficient (Wildman–Crippen LogP) is 1.61. The van der Waals surface area contributed by atoms with Crippen LogP contribution in [0, 0.1) is 0 Å². The van der Waals surface area contributed by atoms with Crippen LogP contribution >= 0.6 is 11.3 Å². The Kier molecular flexibility index (Phi) is 8.41. The van der Waals surface area contributed by atoms with E-state index in [2.05, 4.69) is 5.32 Å². The molecule has 3 fully saturated rings. The van der Waals surface area contributed by atoms with Crippen LogP contribution in [0.3, 0.4) is 0 Å². The number of ether oxygens (including phenoxy) is 4. The Morgan fingerprint density at radius 2 is 1.92 bits per heavy atom. The van der Waals surface area contributed by atoms with Gasteiger partial charge in [-0.2, -0.15) is 5.06 Å². The molecule has 196 valence electrons. The van der Waals surface area contributed by atoms with E-state index in [-0.39, 0.29) is 45.2 Å². The first-order chi connectivity index (χ1) is 17.4. The third-order valence-corrected chi connectivity index (χ3v) is 6.94. The van der Waals surface area contributed by atoms with Gasteiger partial charge in [0, 0.05) is 11.3 Å². The lowest BCUT2D eigenvalue weighted by atomic mass is 9.98. The van der Waals surface area contributed by atoms with Crippen LogP contribution in [0.1, 0.15) is 49.8 Å². The number of esters is 2. The lowest BCUT2D eigenvalue weighted by Crippen LogP contribution is -2.57. The zero-order valence-corrected chi connectivity index (χ0v) is 20.4. The van der Waals surface area contributed by atoms with E-state index in [0.29, 0.717) is 5.06 Å². The number of carbonyl (C=O) groups excluding carboxylic acids is 5. The zero-order chi connectivity index (χ0) is 25.5. The van der Waals surface area contributed by atoms with Gasteiger partial charge in [-0.15, -0.1) is 11.3 Å². The molecule has 0 radical (unpaired) electrons. The number of hydrogen-bond donors (Lipinski definition) is 1. The summed E-state index contributed by atoms with van der Waals surface area (Å²) < 4.78 is 20.5. The second-order valence-corrected chi connectivity index (χ2v) is 9.71. The van der Waals surface area contributed by atoms with Crippen molar-refractivity contribution in [3.63, 3.8) is 0 Å². The van der Waals surface area contributed by atoms with E-state index in [1.165, 1.54) is 11.3 Å². The van der Waals surface area contributed by atoms with Crippen molar-refractivity contribution >= 4 is 41.2 Å². The van der Waals surface area contributed by atoms with Crippen molar-refractivity contribution in [1.82, 2.24) is 10.4 Å². The van der Waals surface area contributed by atoms with E-state index >= 15 is 0 Å². The van der Waals surface area contributed by atoms with E-state index < -0.39 is 41.7 Å². The van der Waals surface area contributed by atoms with Gasteiger partial charge in [0.05, 0.1) is 12.8 Å². The van der Waals surface area contributed by atoms with Crippen molar-refractivity contribution in [3.8, 4) is 0 Å². The molecule has 1 N–H and O–H groups in total. The Morgan fingerprint density at radius 1 is 1.14 bits per heavy atom. The Balaban J connectivity index is 1.28. The quantitative estimate of drug-likeness (QED) is 0.287. The van der Waals surface area contributed by atoms with Crippen molar-refractivity contribution in [2.75, 3.05) is 19.8 Å². The summed E-state index contributed by atoms with van der Waals surface area (Å²) in [6.07, 6.45) is 3.42. The highest BCUT2D eigenvalue weighted by molar-refractivity contribution is 7.10. The summed E-state index contributed by atoms with van der Waals surface area (Å²) in [4.78, 5) is 68.1. The minimum absolute atomic E-state index is 0.0901. The third kappa shape index (κ3) is 6.13. The van der Waals surface area contributed by atoms with Crippen molar-refractivity contribution < 1.29 is 47.8 Å². The maximum atomic E-state index is 13.0. The largest absolute Gasteiger partial charge is 0.508 e.